The third kappa shape index (κ3) is 3.34. The van der Waals surface area contributed by atoms with Crippen LogP contribution in [0, 0.1) is 0 Å². The number of anilines is 2. The monoisotopic (exact) mass is 263 g/mol. The normalized spacial score (nSPS) is 10.3. The lowest BCUT2D eigenvalue weighted by atomic mass is 10.4. The molecule has 7 heteroatoms. The summed E-state index contributed by atoms with van der Waals surface area (Å²) in [7, 11) is 3.63. The number of hydrogen-bond acceptors (Lipinski definition) is 7. The Bertz CT molecular complexity index is 515. The van der Waals surface area contributed by atoms with Gasteiger partial charge in [-0.3, -0.25) is 0 Å². The second-order valence-electron chi connectivity index (χ2n) is 3.86. The van der Waals surface area contributed by atoms with Crippen LogP contribution >= 0.6 is 0 Å². The van der Waals surface area contributed by atoms with E-state index < -0.39 is 0 Å². The molecule has 2 rings (SSSR count). The molecule has 102 valence electrons. The van der Waals surface area contributed by atoms with Crippen LogP contribution < -0.4 is 15.0 Å². The summed E-state index contributed by atoms with van der Waals surface area (Å²) in [6, 6.07) is 4.06. The molecule has 0 aliphatic carbocycles. The van der Waals surface area contributed by atoms with Crippen LogP contribution in [-0.4, -0.2) is 35.7 Å². The highest BCUT2D eigenvalue weighted by molar-refractivity contribution is 5.37. The summed E-state index contributed by atoms with van der Waals surface area (Å²) in [5.74, 6) is 1.84. The van der Waals surface area contributed by atoms with Gasteiger partial charge < -0.3 is 19.4 Å². The van der Waals surface area contributed by atoms with Crippen LogP contribution in [0.25, 0.3) is 0 Å². The predicted octanol–water partition coefficient (Wildman–Crippen LogP) is 1.54. The highest BCUT2D eigenvalue weighted by atomic mass is 16.5. The summed E-state index contributed by atoms with van der Waals surface area (Å²) in [6.07, 6.45) is 1.64. The maximum absolute atomic E-state index is 5.32. The number of ether oxygens (including phenoxy) is 1. The summed E-state index contributed by atoms with van der Waals surface area (Å²) in [5.41, 5.74) is 0. The van der Waals surface area contributed by atoms with Crippen LogP contribution in [0.1, 0.15) is 12.7 Å². The van der Waals surface area contributed by atoms with Crippen LogP contribution in [0.5, 0.6) is 6.01 Å². The van der Waals surface area contributed by atoms with E-state index in [2.05, 4.69) is 20.3 Å². The number of nitrogens with zero attached hydrogens (tertiary/aromatic N) is 4. The molecule has 0 atom stereocenters. The van der Waals surface area contributed by atoms with Crippen molar-refractivity contribution in [3.05, 3.63) is 24.2 Å². The Hall–Kier alpha value is -2.31. The number of nitrogens with one attached hydrogen (secondary N) is 1. The first kappa shape index (κ1) is 13.1. The molecule has 0 amide bonds. The lowest BCUT2D eigenvalue weighted by Gasteiger charge is -2.16. The van der Waals surface area contributed by atoms with E-state index in [9.17, 15) is 0 Å². The lowest BCUT2D eigenvalue weighted by Crippen LogP contribution is -2.20. The highest BCUT2D eigenvalue weighted by Gasteiger charge is 2.11. The van der Waals surface area contributed by atoms with Gasteiger partial charge in [0, 0.05) is 14.1 Å². The van der Waals surface area contributed by atoms with Gasteiger partial charge in [-0.1, -0.05) is 0 Å². The van der Waals surface area contributed by atoms with Crippen LogP contribution in [0.4, 0.5) is 11.9 Å². The van der Waals surface area contributed by atoms with Gasteiger partial charge in [-0.15, -0.1) is 0 Å². The summed E-state index contributed by atoms with van der Waals surface area (Å²) in [6.45, 7) is 2.97. The number of furan rings is 1. The number of hydrogen-bond donors (Lipinski definition) is 1. The maximum atomic E-state index is 5.32. The zero-order valence-electron chi connectivity index (χ0n) is 11.3. The average molecular weight is 263 g/mol. The fraction of sp³-hybridized carbons (Fsp3) is 0.417. The minimum absolute atomic E-state index is 0.308. The van der Waals surface area contributed by atoms with Crippen LogP contribution in [-0.2, 0) is 6.54 Å². The molecule has 0 radical (unpaired) electrons. The zero-order chi connectivity index (χ0) is 13.7. The van der Waals surface area contributed by atoms with Crippen molar-refractivity contribution in [2.24, 2.45) is 0 Å². The Morgan fingerprint density at radius 1 is 1.37 bits per heavy atom. The molecule has 0 spiro atoms. The lowest BCUT2D eigenvalue weighted by molar-refractivity contribution is 0.312. The van der Waals surface area contributed by atoms with E-state index in [0.717, 1.165) is 5.76 Å². The van der Waals surface area contributed by atoms with Crippen molar-refractivity contribution in [2.75, 3.05) is 30.9 Å². The Balaban J connectivity index is 2.19. The van der Waals surface area contributed by atoms with Gasteiger partial charge in [0.1, 0.15) is 5.76 Å². The van der Waals surface area contributed by atoms with E-state index in [1.807, 2.05) is 31.0 Å². The molecule has 0 aliphatic rings. The van der Waals surface area contributed by atoms with Crippen molar-refractivity contribution in [3.8, 4) is 6.01 Å². The molecule has 0 saturated heterocycles. The summed E-state index contributed by atoms with van der Waals surface area (Å²) in [5, 5.41) is 2.89. The molecular formula is C12H17N5O2. The topological polar surface area (TPSA) is 76.3 Å². The SMILES string of the molecule is CCOc1nc(NC)nc(N(C)Cc2ccco2)n1. The van der Waals surface area contributed by atoms with Gasteiger partial charge >= 0.3 is 6.01 Å². The van der Waals surface area contributed by atoms with Crippen LogP contribution in [0.2, 0.25) is 0 Å². The second-order valence-corrected chi connectivity index (χ2v) is 3.86. The zero-order valence-corrected chi connectivity index (χ0v) is 11.3. The summed E-state index contributed by atoms with van der Waals surface area (Å²) >= 11 is 0. The number of rotatable bonds is 6. The fourth-order valence-corrected chi connectivity index (χ4v) is 1.53. The highest BCUT2D eigenvalue weighted by Crippen LogP contribution is 2.16. The van der Waals surface area contributed by atoms with Crippen LogP contribution in [0.3, 0.4) is 0 Å². The standard InChI is InChI=1S/C12H17N5O2/c1-4-18-12-15-10(13-2)14-11(16-12)17(3)8-9-6-5-7-19-9/h5-7H,4,8H2,1-3H3,(H,13,14,15,16). The minimum atomic E-state index is 0.308. The molecule has 0 aromatic carbocycles. The first-order chi connectivity index (χ1) is 9.22. The van der Waals surface area contributed by atoms with E-state index in [4.69, 9.17) is 9.15 Å². The van der Waals surface area contributed by atoms with Gasteiger partial charge in [0.05, 0.1) is 19.4 Å². The minimum Gasteiger partial charge on any atom is -0.467 e. The predicted molar refractivity (Wildman–Crippen MR) is 71.4 cm³/mol. The second kappa shape index (κ2) is 6.03. The third-order valence-corrected chi connectivity index (χ3v) is 2.41. The Kier molecular flexibility index (Phi) is 4.17. The molecule has 1 N–H and O–H groups in total. The van der Waals surface area contributed by atoms with Crippen molar-refractivity contribution < 1.29 is 9.15 Å². The van der Waals surface area contributed by atoms with Crippen molar-refractivity contribution in [3.63, 3.8) is 0 Å². The number of aromatic nitrogens is 3. The molecule has 0 bridgehead atoms. The Morgan fingerprint density at radius 3 is 2.84 bits per heavy atom. The fourth-order valence-electron chi connectivity index (χ4n) is 1.53. The summed E-state index contributed by atoms with van der Waals surface area (Å²) < 4.78 is 10.6. The molecule has 2 heterocycles. The van der Waals surface area contributed by atoms with Crippen molar-refractivity contribution >= 4 is 11.9 Å². The van der Waals surface area contributed by atoms with E-state index >= 15 is 0 Å². The first-order valence-corrected chi connectivity index (χ1v) is 6.03. The Morgan fingerprint density at radius 2 is 2.21 bits per heavy atom. The smallest absolute Gasteiger partial charge is 0.323 e. The Labute approximate surface area is 111 Å². The largest absolute Gasteiger partial charge is 0.467 e. The van der Waals surface area contributed by atoms with Gasteiger partial charge in [-0.25, -0.2) is 0 Å². The molecule has 0 unspecified atom stereocenters. The molecule has 2 aromatic heterocycles. The van der Waals surface area contributed by atoms with E-state index in [1.54, 1.807) is 13.3 Å². The van der Waals surface area contributed by atoms with Gasteiger partial charge in [-0.05, 0) is 19.1 Å². The maximum Gasteiger partial charge on any atom is 0.323 e. The van der Waals surface area contributed by atoms with Gasteiger partial charge in [-0.2, -0.15) is 15.0 Å². The van der Waals surface area contributed by atoms with E-state index in [0.29, 0.717) is 31.1 Å². The van der Waals surface area contributed by atoms with Crippen LogP contribution in [0.15, 0.2) is 22.8 Å². The molecule has 0 saturated carbocycles. The quantitative estimate of drug-likeness (QED) is 0.847. The van der Waals surface area contributed by atoms with E-state index in [-0.39, 0.29) is 0 Å². The first-order valence-electron chi connectivity index (χ1n) is 6.03. The molecule has 0 fully saturated rings. The average Bonchev–Trinajstić information content (AvgIpc) is 2.91. The third-order valence-electron chi connectivity index (χ3n) is 2.41. The molecular weight excluding hydrogens is 246 g/mol. The molecule has 0 aliphatic heterocycles. The molecule has 19 heavy (non-hydrogen) atoms. The van der Waals surface area contributed by atoms with E-state index in [1.165, 1.54) is 0 Å². The van der Waals surface area contributed by atoms with Gasteiger partial charge in [0.2, 0.25) is 11.9 Å². The molecule has 7 nitrogen and oxygen atoms in total. The van der Waals surface area contributed by atoms with Gasteiger partial charge in [0.15, 0.2) is 0 Å². The van der Waals surface area contributed by atoms with Crippen molar-refractivity contribution in [2.45, 2.75) is 13.5 Å². The van der Waals surface area contributed by atoms with Crippen molar-refractivity contribution in [1.82, 2.24) is 15.0 Å². The van der Waals surface area contributed by atoms with Gasteiger partial charge in [0.25, 0.3) is 0 Å². The summed E-state index contributed by atoms with van der Waals surface area (Å²) in [4.78, 5) is 14.5. The molecule has 2 aromatic rings. The van der Waals surface area contributed by atoms with Crippen molar-refractivity contribution in [1.29, 1.82) is 0 Å².